The Kier molecular flexibility index (Phi) is 4.51. The van der Waals surface area contributed by atoms with Gasteiger partial charge in [-0.2, -0.15) is 0 Å². The molecule has 0 radical (unpaired) electrons. The Morgan fingerprint density at radius 1 is 1.04 bits per heavy atom. The van der Waals surface area contributed by atoms with E-state index in [-0.39, 0.29) is 12.3 Å². The van der Waals surface area contributed by atoms with Gasteiger partial charge in [0.1, 0.15) is 11.2 Å². The summed E-state index contributed by atoms with van der Waals surface area (Å²) in [5.74, 6) is -0.126. The summed E-state index contributed by atoms with van der Waals surface area (Å²) >= 11 is 0. The van der Waals surface area contributed by atoms with E-state index in [2.05, 4.69) is 0 Å². The van der Waals surface area contributed by atoms with E-state index in [9.17, 15) is 9.59 Å². The van der Waals surface area contributed by atoms with Gasteiger partial charge in [-0.05, 0) is 36.6 Å². The van der Waals surface area contributed by atoms with Crippen molar-refractivity contribution in [2.45, 2.75) is 26.8 Å². The number of hydrogen-bond donors (Lipinski definition) is 0. The number of likely N-dealkylation sites (N-methyl/N-ethyl adjacent to an activating group) is 1. The maximum absolute atomic E-state index is 12.7. The van der Waals surface area contributed by atoms with Crippen LogP contribution in [0.3, 0.4) is 0 Å². The Morgan fingerprint density at radius 3 is 2.54 bits per heavy atom. The zero-order valence-electron chi connectivity index (χ0n) is 16.1. The number of fused-ring (bicyclic) bond motifs is 2. The van der Waals surface area contributed by atoms with Gasteiger partial charge in [0.05, 0.1) is 18.2 Å². The van der Waals surface area contributed by atoms with Crippen LogP contribution in [-0.4, -0.2) is 17.9 Å². The number of nitrogens with zero attached hydrogens (tertiary/aromatic N) is 1. The third kappa shape index (κ3) is 3.20. The van der Waals surface area contributed by atoms with E-state index in [0.717, 1.165) is 27.5 Å². The van der Waals surface area contributed by atoms with E-state index < -0.39 is 5.63 Å². The molecule has 0 saturated heterocycles. The molecular formula is C23H21NO4. The summed E-state index contributed by atoms with van der Waals surface area (Å²) in [4.78, 5) is 26.9. The SMILES string of the molecule is Cc1coc2cc3oc(=O)c(CC(=O)N(C)Cc4ccccc4)c(C)c3cc12. The standard InChI is InChI=1S/C23H21NO4/c1-14-13-27-20-11-21-18(9-17(14)20)15(2)19(23(26)28-21)10-22(25)24(3)12-16-7-5-4-6-8-16/h4-9,11,13H,10,12H2,1-3H3. The highest BCUT2D eigenvalue weighted by molar-refractivity contribution is 5.96. The fourth-order valence-electron chi connectivity index (χ4n) is 3.47. The summed E-state index contributed by atoms with van der Waals surface area (Å²) < 4.78 is 11.0. The number of carbonyl (C=O) groups excluding carboxylic acids is 1. The van der Waals surface area contributed by atoms with Gasteiger partial charge in [-0.25, -0.2) is 4.79 Å². The first-order valence-corrected chi connectivity index (χ1v) is 9.16. The minimum Gasteiger partial charge on any atom is -0.464 e. The molecule has 0 saturated carbocycles. The lowest BCUT2D eigenvalue weighted by atomic mass is 10.0. The van der Waals surface area contributed by atoms with Crippen molar-refractivity contribution in [3.05, 3.63) is 81.4 Å². The van der Waals surface area contributed by atoms with Crippen LogP contribution in [0.1, 0.15) is 22.3 Å². The summed E-state index contributed by atoms with van der Waals surface area (Å²) in [6.45, 7) is 4.32. The average Bonchev–Trinajstić information content (AvgIpc) is 3.04. The van der Waals surface area contributed by atoms with E-state index in [4.69, 9.17) is 8.83 Å². The zero-order valence-corrected chi connectivity index (χ0v) is 16.1. The first kappa shape index (κ1) is 18.0. The monoisotopic (exact) mass is 375 g/mol. The van der Waals surface area contributed by atoms with Gasteiger partial charge in [0.25, 0.3) is 0 Å². The predicted octanol–water partition coefficient (Wildman–Crippen LogP) is 4.36. The number of hydrogen-bond acceptors (Lipinski definition) is 4. The van der Waals surface area contributed by atoms with Crippen LogP contribution in [0.15, 0.2) is 62.4 Å². The second kappa shape index (κ2) is 7.00. The highest BCUT2D eigenvalue weighted by Gasteiger charge is 2.18. The fourth-order valence-corrected chi connectivity index (χ4v) is 3.47. The second-order valence-electron chi connectivity index (χ2n) is 7.17. The third-order valence-corrected chi connectivity index (χ3v) is 5.19. The van der Waals surface area contributed by atoms with Crippen molar-refractivity contribution < 1.29 is 13.6 Å². The molecule has 0 aliphatic rings. The maximum Gasteiger partial charge on any atom is 0.340 e. The van der Waals surface area contributed by atoms with Gasteiger partial charge < -0.3 is 13.7 Å². The van der Waals surface area contributed by atoms with Crippen LogP contribution in [-0.2, 0) is 17.8 Å². The second-order valence-corrected chi connectivity index (χ2v) is 7.17. The first-order chi connectivity index (χ1) is 13.4. The summed E-state index contributed by atoms with van der Waals surface area (Å²) in [5, 5.41) is 1.80. The van der Waals surface area contributed by atoms with Crippen molar-refractivity contribution in [1.82, 2.24) is 4.90 Å². The molecule has 0 aliphatic carbocycles. The van der Waals surface area contributed by atoms with Gasteiger partial charge in [0, 0.05) is 30.4 Å². The van der Waals surface area contributed by atoms with Crippen LogP contribution < -0.4 is 5.63 Å². The Bertz CT molecular complexity index is 1230. The van der Waals surface area contributed by atoms with Crippen molar-refractivity contribution in [2.75, 3.05) is 7.05 Å². The minimum absolute atomic E-state index is 0.00977. The molecule has 0 unspecified atom stereocenters. The Hall–Kier alpha value is -3.34. The molecule has 0 bridgehead atoms. The van der Waals surface area contributed by atoms with E-state index in [1.807, 2.05) is 50.2 Å². The molecule has 1 amide bonds. The highest BCUT2D eigenvalue weighted by Crippen LogP contribution is 2.29. The molecule has 4 rings (SSSR count). The van der Waals surface area contributed by atoms with Crippen molar-refractivity contribution >= 4 is 27.8 Å². The molecule has 4 aromatic rings. The van der Waals surface area contributed by atoms with Crippen molar-refractivity contribution in [2.24, 2.45) is 0 Å². The molecule has 142 valence electrons. The lowest BCUT2D eigenvalue weighted by molar-refractivity contribution is -0.129. The Labute approximate surface area is 162 Å². The van der Waals surface area contributed by atoms with Gasteiger partial charge >= 0.3 is 5.63 Å². The van der Waals surface area contributed by atoms with Crippen LogP contribution in [0, 0.1) is 13.8 Å². The van der Waals surface area contributed by atoms with Gasteiger partial charge in [-0.1, -0.05) is 30.3 Å². The third-order valence-electron chi connectivity index (χ3n) is 5.19. The number of carbonyl (C=O) groups is 1. The van der Waals surface area contributed by atoms with E-state index in [1.165, 1.54) is 0 Å². The maximum atomic E-state index is 12.7. The topological polar surface area (TPSA) is 63.7 Å². The molecular weight excluding hydrogens is 354 g/mol. The van der Waals surface area contributed by atoms with E-state index in [1.54, 1.807) is 24.3 Å². The summed E-state index contributed by atoms with van der Waals surface area (Å²) in [6.07, 6.45) is 1.69. The van der Waals surface area contributed by atoms with Crippen LogP contribution in [0.25, 0.3) is 21.9 Å². The summed E-state index contributed by atoms with van der Waals surface area (Å²) in [6, 6.07) is 13.5. The molecule has 5 heteroatoms. The van der Waals surface area contributed by atoms with Gasteiger partial charge in [0.2, 0.25) is 5.91 Å². The van der Waals surface area contributed by atoms with Crippen LogP contribution >= 0.6 is 0 Å². The predicted molar refractivity (Wildman–Crippen MR) is 108 cm³/mol. The largest absolute Gasteiger partial charge is 0.464 e. The van der Waals surface area contributed by atoms with Crippen LogP contribution in [0.5, 0.6) is 0 Å². The van der Waals surface area contributed by atoms with Crippen LogP contribution in [0.4, 0.5) is 0 Å². The zero-order chi connectivity index (χ0) is 19.8. The van der Waals surface area contributed by atoms with E-state index >= 15 is 0 Å². The molecule has 0 fully saturated rings. The van der Waals surface area contributed by atoms with Crippen molar-refractivity contribution in [3.8, 4) is 0 Å². The first-order valence-electron chi connectivity index (χ1n) is 9.16. The normalized spacial score (nSPS) is 11.2. The lowest BCUT2D eigenvalue weighted by Crippen LogP contribution is -2.29. The molecule has 2 heterocycles. The quantitative estimate of drug-likeness (QED) is 0.497. The summed E-state index contributed by atoms with van der Waals surface area (Å²) in [7, 11) is 1.74. The smallest absolute Gasteiger partial charge is 0.340 e. The highest BCUT2D eigenvalue weighted by atomic mass is 16.4. The molecule has 0 N–H and O–H groups in total. The number of benzene rings is 2. The molecule has 2 aromatic heterocycles. The minimum atomic E-state index is -0.478. The van der Waals surface area contributed by atoms with Crippen LogP contribution in [0.2, 0.25) is 0 Å². The van der Waals surface area contributed by atoms with Gasteiger partial charge in [0.15, 0.2) is 0 Å². The molecule has 28 heavy (non-hydrogen) atoms. The van der Waals surface area contributed by atoms with Crippen molar-refractivity contribution in [1.29, 1.82) is 0 Å². The Balaban J connectivity index is 1.67. The lowest BCUT2D eigenvalue weighted by Gasteiger charge is -2.18. The Morgan fingerprint density at radius 2 is 1.79 bits per heavy atom. The van der Waals surface area contributed by atoms with Gasteiger partial charge in [-0.3, -0.25) is 4.79 Å². The fraction of sp³-hybridized carbons (Fsp3) is 0.217. The number of furan rings is 1. The summed E-state index contributed by atoms with van der Waals surface area (Å²) in [5.41, 5.74) is 3.90. The number of aryl methyl sites for hydroxylation is 2. The molecule has 0 aliphatic heterocycles. The van der Waals surface area contributed by atoms with Gasteiger partial charge in [-0.15, -0.1) is 0 Å². The van der Waals surface area contributed by atoms with Crippen molar-refractivity contribution in [3.63, 3.8) is 0 Å². The molecule has 0 spiro atoms. The van der Waals surface area contributed by atoms with E-state index in [0.29, 0.717) is 23.3 Å². The average molecular weight is 375 g/mol. The molecule has 0 atom stereocenters. The number of rotatable bonds is 4. The molecule has 2 aromatic carbocycles. The number of amides is 1. The molecule has 5 nitrogen and oxygen atoms in total.